The predicted molar refractivity (Wildman–Crippen MR) is 68.5 cm³/mol. The molecule has 0 aromatic carbocycles. The maximum atomic E-state index is 11.1. The second-order valence-electron chi connectivity index (χ2n) is 4.76. The lowest BCUT2D eigenvalue weighted by atomic mass is 10.0. The number of nitrogens with zero attached hydrogens (tertiary/aromatic N) is 2. The van der Waals surface area contributed by atoms with Crippen LogP contribution in [0.3, 0.4) is 0 Å². The van der Waals surface area contributed by atoms with E-state index in [-0.39, 0.29) is 0 Å². The van der Waals surface area contributed by atoms with Gasteiger partial charge in [0.1, 0.15) is 11.0 Å². The van der Waals surface area contributed by atoms with Crippen LogP contribution in [-0.2, 0) is 4.79 Å². The number of aliphatic carboxylic acids is 1. The van der Waals surface area contributed by atoms with E-state index in [1.165, 1.54) is 11.3 Å². The molecule has 0 unspecified atom stereocenters. The number of anilines is 1. The van der Waals surface area contributed by atoms with Crippen molar-refractivity contribution in [2.24, 2.45) is 5.92 Å². The first kappa shape index (κ1) is 13.9. The number of aromatic nitrogens is 2. The summed E-state index contributed by atoms with van der Waals surface area (Å²) in [5.41, 5.74) is 0. The molecule has 0 saturated heterocycles. The Hall–Kier alpha value is -1.17. The molecule has 0 aliphatic carbocycles. The van der Waals surface area contributed by atoms with Gasteiger partial charge in [-0.3, -0.25) is 0 Å². The smallest absolute Gasteiger partial charge is 0.326 e. The molecular formula is C11H19N3O2S. The Bertz CT molecular complexity index is 377. The molecule has 0 saturated carbocycles. The molecule has 2 N–H and O–H groups in total. The normalized spacial score (nSPS) is 13.1. The van der Waals surface area contributed by atoms with Crippen LogP contribution in [0.4, 0.5) is 5.13 Å². The Morgan fingerprint density at radius 2 is 2.00 bits per heavy atom. The summed E-state index contributed by atoms with van der Waals surface area (Å²) in [7, 11) is 0. The predicted octanol–water partition coefficient (Wildman–Crippen LogP) is 2.57. The van der Waals surface area contributed by atoms with Crippen molar-refractivity contribution >= 4 is 22.4 Å². The van der Waals surface area contributed by atoms with Crippen molar-refractivity contribution in [3.63, 3.8) is 0 Å². The minimum absolute atomic E-state index is 0.316. The van der Waals surface area contributed by atoms with Gasteiger partial charge in [0.2, 0.25) is 5.13 Å². The van der Waals surface area contributed by atoms with Gasteiger partial charge in [-0.2, -0.15) is 0 Å². The fourth-order valence-electron chi connectivity index (χ4n) is 1.37. The van der Waals surface area contributed by atoms with Crippen LogP contribution in [0.15, 0.2) is 0 Å². The van der Waals surface area contributed by atoms with E-state index < -0.39 is 12.0 Å². The van der Waals surface area contributed by atoms with Gasteiger partial charge >= 0.3 is 5.97 Å². The molecule has 6 heteroatoms. The van der Waals surface area contributed by atoms with Crippen LogP contribution in [0, 0.1) is 5.92 Å². The van der Waals surface area contributed by atoms with E-state index in [0.29, 0.717) is 23.4 Å². The van der Waals surface area contributed by atoms with Crippen molar-refractivity contribution < 1.29 is 9.90 Å². The standard InChI is InChI=1S/C11H19N3O2S/c1-6(2)5-8(10(15)16)12-11-14-13-9(17-11)7(3)4/h6-8H,5H2,1-4H3,(H,12,14)(H,15,16)/t8-/m0/s1. The van der Waals surface area contributed by atoms with Crippen molar-refractivity contribution in [3.8, 4) is 0 Å². The maximum absolute atomic E-state index is 11.1. The second-order valence-corrected chi connectivity index (χ2v) is 5.77. The zero-order valence-electron chi connectivity index (χ0n) is 10.6. The second kappa shape index (κ2) is 5.95. The van der Waals surface area contributed by atoms with Gasteiger partial charge in [-0.15, -0.1) is 10.2 Å². The molecule has 0 spiro atoms. The van der Waals surface area contributed by atoms with Gasteiger partial charge in [-0.05, 0) is 12.3 Å². The number of rotatable bonds is 6. The summed E-state index contributed by atoms with van der Waals surface area (Å²) >= 11 is 1.42. The van der Waals surface area contributed by atoms with E-state index in [2.05, 4.69) is 15.5 Å². The maximum Gasteiger partial charge on any atom is 0.326 e. The number of nitrogens with one attached hydrogen (secondary N) is 1. The summed E-state index contributed by atoms with van der Waals surface area (Å²) in [5.74, 6) is -0.211. The first-order chi connectivity index (χ1) is 7.90. The molecule has 0 radical (unpaired) electrons. The van der Waals surface area contributed by atoms with E-state index in [0.717, 1.165) is 5.01 Å². The Balaban J connectivity index is 2.68. The largest absolute Gasteiger partial charge is 0.480 e. The molecule has 5 nitrogen and oxygen atoms in total. The van der Waals surface area contributed by atoms with E-state index in [4.69, 9.17) is 5.11 Å². The highest BCUT2D eigenvalue weighted by Crippen LogP contribution is 2.23. The fraction of sp³-hybridized carbons (Fsp3) is 0.727. The van der Waals surface area contributed by atoms with Gasteiger partial charge in [0.15, 0.2) is 0 Å². The van der Waals surface area contributed by atoms with Gasteiger partial charge in [0.05, 0.1) is 0 Å². The van der Waals surface area contributed by atoms with Gasteiger partial charge < -0.3 is 10.4 Å². The number of hydrogen-bond acceptors (Lipinski definition) is 5. The van der Waals surface area contributed by atoms with Gasteiger partial charge in [0.25, 0.3) is 0 Å². The monoisotopic (exact) mass is 257 g/mol. The molecule has 1 aromatic rings. The van der Waals surface area contributed by atoms with Crippen LogP contribution in [0.5, 0.6) is 0 Å². The van der Waals surface area contributed by atoms with Crippen molar-refractivity contribution in [1.82, 2.24) is 10.2 Å². The molecule has 0 aliphatic rings. The molecule has 17 heavy (non-hydrogen) atoms. The quantitative estimate of drug-likeness (QED) is 0.819. The zero-order chi connectivity index (χ0) is 13.0. The van der Waals surface area contributed by atoms with Gasteiger partial charge in [0, 0.05) is 5.92 Å². The summed E-state index contributed by atoms with van der Waals surface area (Å²) in [6.07, 6.45) is 0.575. The Labute approximate surface area is 105 Å². The molecule has 1 heterocycles. The molecule has 0 aliphatic heterocycles. The van der Waals surface area contributed by atoms with Crippen molar-refractivity contribution in [1.29, 1.82) is 0 Å². The third-order valence-corrected chi connectivity index (χ3v) is 3.39. The Morgan fingerprint density at radius 1 is 1.35 bits per heavy atom. The van der Waals surface area contributed by atoms with Crippen LogP contribution in [0.25, 0.3) is 0 Å². The number of carbonyl (C=O) groups is 1. The first-order valence-corrected chi connectivity index (χ1v) is 6.54. The van der Waals surface area contributed by atoms with Crippen molar-refractivity contribution in [2.45, 2.75) is 46.1 Å². The molecule has 0 amide bonds. The third kappa shape index (κ3) is 4.30. The summed E-state index contributed by atoms with van der Waals surface area (Å²) in [4.78, 5) is 11.1. The topological polar surface area (TPSA) is 75.1 Å². The molecule has 0 fully saturated rings. The first-order valence-electron chi connectivity index (χ1n) is 5.73. The zero-order valence-corrected chi connectivity index (χ0v) is 11.4. The van der Waals surface area contributed by atoms with Crippen molar-refractivity contribution in [3.05, 3.63) is 5.01 Å². The van der Waals surface area contributed by atoms with Crippen LogP contribution in [-0.4, -0.2) is 27.3 Å². The minimum Gasteiger partial charge on any atom is -0.480 e. The van der Waals surface area contributed by atoms with Crippen LogP contribution in [0.2, 0.25) is 0 Å². The molecule has 1 rings (SSSR count). The van der Waals surface area contributed by atoms with E-state index in [1.54, 1.807) is 0 Å². The average Bonchev–Trinajstić information content (AvgIpc) is 2.64. The lowest BCUT2D eigenvalue weighted by Gasteiger charge is -2.15. The van der Waals surface area contributed by atoms with Crippen molar-refractivity contribution in [2.75, 3.05) is 5.32 Å². The lowest BCUT2D eigenvalue weighted by molar-refractivity contribution is -0.138. The summed E-state index contributed by atoms with van der Waals surface area (Å²) < 4.78 is 0. The highest BCUT2D eigenvalue weighted by atomic mass is 32.1. The lowest BCUT2D eigenvalue weighted by Crippen LogP contribution is -2.30. The van der Waals surface area contributed by atoms with Gasteiger partial charge in [-0.1, -0.05) is 39.0 Å². The molecular weight excluding hydrogens is 238 g/mol. The summed E-state index contributed by atoms with van der Waals surface area (Å²) in [6.45, 7) is 8.06. The summed E-state index contributed by atoms with van der Waals surface area (Å²) in [6, 6.07) is -0.594. The number of carboxylic acids is 1. The molecule has 1 aromatic heterocycles. The number of hydrogen-bond donors (Lipinski definition) is 2. The van der Waals surface area contributed by atoms with Crippen LogP contribution in [0.1, 0.15) is 45.0 Å². The van der Waals surface area contributed by atoms with E-state index >= 15 is 0 Å². The highest BCUT2D eigenvalue weighted by Gasteiger charge is 2.20. The van der Waals surface area contributed by atoms with E-state index in [1.807, 2.05) is 27.7 Å². The Kier molecular flexibility index (Phi) is 4.86. The van der Waals surface area contributed by atoms with E-state index in [9.17, 15) is 4.79 Å². The SMILES string of the molecule is CC(C)C[C@H](Nc1nnc(C(C)C)s1)C(=O)O. The number of carboxylic acid groups (broad SMARTS) is 1. The fourth-order valence-corrected chi connectivity index (χ4v) is 2.17. The van der Waals surface area contributed by atoms with Crippen LogP contribution < -0.4 is 5.32 Å². The van der Waals surface area contributed by atoms with Gasteiger partial charge in [-0.25, -0.2) is 4.79 Å². The Morgan fingerprint density at radius 3 is 2.41 bits per heavy atom. The summed E-state index contributed by atoms with van der Waals surface area (Å²) in [5, 5.41) is 21.5. The third-order valence-electron chi connectivity index (χ3n) is 2.24. The van der Waals surface area contributed by atoms with Crippen LogP contribution >= 0.6 is 11.3 Å². The average molecular weight is 257 g/mol. The molecule has 96 valence electrons. The molecule has 1 atom stereocenters. The highest BCUT2D eigenvalue weighted by molar-refractivity contribution is 7.15. The molecule has 0 bridgehead atoms. The minimum atomic E-state index is -0.847.